The van der Waals surface area contributed by atoms with Gasteiger partial charge in [-0.15, -0.1) is 0 Å². The summed E-state index contributed by atoms with van der Waals surface area (Å²) in [6.45, 7) is 0. The van der Waals surface area contributed by atoms with Crippen LogP contribution in [0.15, 0.2) is 127 Å². The van der Waals surface area contributed by atoms with Crippen LogP contribution in [0.5, 0.6) is 11.5 Å². The summed E-state index contributed by atoms with van der Waals surface area (Å²) < 4.78 is 6.30. The molecule has 0 fully saturated rings. The Kier molecular flexibility index (Phi) is 4.89. The molecule has 5 rings (SSSR count). The standard InChI is InChI=1S/C28H21NO/c1-3-14-23(15-4-1)29(26-20-11-13-22-12-7-8-18-25(22)26)27-19-9-10-21-28(27)30-24-16-5-2-6-17-24/h1-21H. The first kappa shape index (κ1) is 18.0. The molecule has 0 aliphatic carbocycles. The molecular weight excluding hydrogens is 366 g/mol. The maximum atomic E-state index is 6.30. The van der Waals surface area contributed by atoms with Crippen LogP contribution < -0.4 is 9.64 Å². The molecule has 2 nitrogen and oxygen atoms in total. The van der Waals surface area contributed by atoms with E-state index in [1.165, 1.54) is 10.8 Å². The fraction of sp³-hybridized carbons (Fsp3) is 0. The third-order valence-corrected chi connectivity index (χ3v) is 5.10. The molecule has 30 heavy (non-hydrogen) atoms. The second-order valence-electron chi connectivity index (χ2n) is 7.05. The average molecular weight is 387 g/mol. The number of anilines is 3. The van der Waals surface area contributed by atoms with Gasteiger partial charge in [0.1, 0.15) is 5.75 Å². The minimum absolute atomic E-state index is 0.806. The average Bonchev–Trinajstić information content (AvgIpc) is 2.82. The predicted octanol–water partition coefficient (Wildman–Crippen LogP) is 8.10. The van der Waals surface area contributed by atoms with Crippen molar-refractivity contribution in [3.8, 4) is 11.5 Å². The summed E-state index contributed by atoms with van der Waals surface area (Å²) in [5.41, 5.74) is 3.19. The van der Waals surface area contributed by atoms with Gasteiger partial charge < -0.3 is 9.64 Å². The van der Waals surface area contributed by atoms with Crippen LogP contribution in [0.2, 0.25) is 0 Å². The highest BCUT2D eigenvalue weighted by Gasteiger charge is 2.18. The minimum Gasteiger partial charge on any atom is -0.455 e. The van der Waals surface area contributed by atoms with Gasteiger partial charge in [-0.05, 0) is 47.9 Å². The van der Waals surface area contributed by atoms with Gasteiger partial charge in [-0.25, -0.2) is 0 Å². The Hall–Kier alpha value is -4.04. The molecule has 0 aliphatic rings. The first-order valence-electron chi connectivity index (χ1n) is 10.0. The summed E-state index contributed by atoms with van der Waals surface area (Å²) >= 11 is 0. The van der Waals surface area contributed by atoms with Crippen LogP contribution >= 0.6 is 0 Å². The molecule has 2 heteroatoms. The van der Waals surface area contributed by atoms with Crippen molar-refractivity contribution in [2.45, 2.75) is 0 Å². The summed E-state index contributed by atoms with van der Waals surface area (Å²) in [4.78, 5) is 2.26. The quantitative estimate of drug-likeness (QED) is 0.302. The number of rotatable bonds is 5. The van der Waals surface area contributed by atoms with Crippen LogP contribution in [0.1, 0.15) is 0 Å². The lowest BCUT2D eigenvalue weighted by atomic mass is 10.1. The number of hydrogen-bond acceptors (Lipinski definition) is 2. The first-order chi connectivity index (χ1) is 14.9. The van der Waals surface area contributed by atoms with Gasteiger partial charge in [-0.1, -0.05) is 84.9 Å². The van der Waals surface area contributed by atoms with Crippen molar-refractivity contribution in [2.75, 3.05) is 4.90 Å². The fourth-order valence-corrected chi connectivity index (χ4v) is 3.73. The molecule has 5 aromatic rings. The molecule has 5 aromatic carbocycles. The normalized spacial score (nSPS) is 10.7. The molecule has 0 saturated heterocycles. The van der Waals surface area contributed by atoms with Gasteiger partial charge in [0.05, 0.1) is 11.4 Å². The van der Waals surface area contributed by atoms with E-state index in [0.717, 1.165) is 28.6 Å². The maximum absolute atomic E-state index is 6.30. The van der Waals surface area contributed by atoms with Gasteiger partial charge >= 0.3 is 0 Å². The molecule has 0 spiro atoms. The molecule has 0 N–H and O–H groups in total. The summed E-state index contributed by atoms with van der Waals surface area (Å²) in [6.07, 6.45) is 0. The minimum atomic E-state index is 0.806. The summed E-state index contributed by atoms with van der Waals surface area (Å²) in [5.74, 6) is 1.62. The van der Waals surface area contributed by atoms with Crippen LogP contribution in [-0.2, 0) is 0 Å². The number of benzene rings is 5. The Balaban J connectivity index is 1.71. The zero-order valence-electron chi connectivity index (χ0n) is 16.5. The third kappa shape index (κ3) is 3.51. The lowest BCUT2D eigenvalue weighted by Crippen LogP contribution is -2.11. The van der Waals surface area contributed by atoms with Crippen molar-refractivity contribution in [2.24, 2.45) is 0 Å². The van der Waals surface area contributed by atoms with Gasteiger partial charge in [0.2, 0.25) is 0 Å². The van der Waals surface area contributed by atoms with Crippen LogP contribution in [0, 0.1) is 0 Å². The molecule has 144 valence electrons. The molecule has 0 amide bonds. The van der Waals surface area contributed by atoms with Gasteiger partial charge in [-0.2, -0.15) is 0 Å². The van der Waals surface area contributed by atoms with Crippen LogP contribution in [0.3, 0.4) is 0 Å². The van der Waals surface area contributed by atoms with Gasteiger partial charge in [0.15, 0.2) is 5.75 Å². The van der Waals surface area contributed by atoms with Crippen molar-refractivity contribution < 1.29 is 4.74 Å². The highest BCUT2D eigenvalue weighted by Crippen LogP contribution is 2.43. The molecule has 0 heterocycles. The van der Waals surface area contributed by atoms with Crippen molar-refractivity contribution in [1.82, 2.24) is 0 Å². The first-order valence-corrected chi connectivity index (χ1v) is 10.0. The van der Waals surface area contributed by atoms with E-state index in [9.17, 15) is 0 Å². The zero-order chi connectivity index (χ0) is 20.2. The largest absolute Gasteiger partial charge is 0.455 e. The Morgan fingerprint density at radius 1 is 0.467 bits per heavy atom. The number of para-hydroxylation sites is 4. The molecule has 0 aromatic heterocycles. The van der Waals surface area contributed by atoms with Crippen LogP contribution in [0.25, 0.3) is 10.8 Å². The molecule has 0 saturated carbocycles. The zero-order valence-corrected chi connectivity index (χ0v) is 16.5. The number of hydrogen-bond donors (Lipinski definition) is 0. The van der Waals surface area contributed by atoms with E-state index in [4.69, 9.17) is 4.74 Å². The SMILES string of the molecule is c1ccc(Oc2ccccc2N(c2ccccc2)c2cccc3ccccc23)cc1. The smallest absolute Gasteiger partial charge is 0.151 e. The predicted molar refractivity (Wildman–Crippen MR) is 125 cm³/mol. The van der Waals surface area contributed by atoms with Gasteiger partial charge in [0, 0.05) is 11.1 Å². The second-order valence-corrected chi connectivity index (χ2v) is 7.05. The monoisotopic (exact) mass is 387 g/mol. The van der Waals surface area contributed by atoms with E-state index in [2.05, 4.69) is 77.7 Å². The second kappa shape index (κ2) is 8.14. The molecule has 0 bridgehead atoms. The van der Waals surface area contributed by atoms with Crippen molar-refractivity contribution >= 4 is 27.8 Å². The molecule has 0 atom stereocenters. The van der Waals surface area contributed by atoms with Gasteiger partial charge in [-0.3, -0.25) is 0 Å². The summed E-state index contributed by atoms with van der Waals surface area (Å²) in [7, 11) is 0. The van der Waals surface area contributed by atoms with Gasteiger partial charge in [0.25, 0.3) is 0 Å². The summed E-state index contributed by atoms with van der Waals surface area (Å²) in [5, 5.41) is 2.40. The third-order valence-electron chi connectivity index (χ3n) is 5.10. The van der Waals surface area contributed by atoms with Crippen molar-refractivity contribution in [3.63, 3.8) is 0 Å². The van der Waals surface area contributed by atoms with E-state index >= 15 is 0 Å². The molecule has 0 radical (unpaired) electrons. The Morgan fingerprint density at radius 3 is 1.90 bits per heavy atom. The lowest BCUT2D eigenvalue weighted by Gasteiger charge is -2.28. The van der Waals surface area contributed by atoms with Crippen LogP contribution in [-0.4, -0.2) is 0 Å². The fourth-order valence-electron chi connectivity index (χ4n) is 3.73. The van der Waals surface area contributed by atoms with Crippen LogP contribution in [0.4, 0.5) is 17.1 Å². The Morgan fingerprint density at radius 2 is 1.07 bits per heavy atom. The van der Waals surface area contributed by atoms with E-state index in [1.54, 1.807) is 0 Å². The molecule has 0 unspecified atom stereocenters. The number of nitrogens with zero attached hydrogens (tertiary/aromatic N) is 1. The lowest BCUT2D eigenvalue weighted by molar-refractivity contribution is 0.484. The summed E-state index contributed by atoms with van der Waals surface area (Å²) in [6, 6.07) is 43.4. The Labute approximate surface area is 176 Å². The maximum Gasteiger partial charge on any atom is 0.151 e. The van der Waals surface area contributed by atoms with Crippen molar-refractivity contribution in [3.05, 3.63) is 127 Å². The number of fused-ring (bicyclic) bond motifs is 1. The Bertz CT molecular complexity index is 1260. The topological polar surface area (TPSA) is 12.5 Å². The highest BCUT2D eigenvalue weighted by atomic mass is 16.5. The van der Waals surface area contributed by atoms with Crippen molar-refractivity contribution in [1.29, 1.82) is 0 Å². The molecular formula is C28H21NO. The highest BCUT2D eigenvalue weighted by molar-refractivity contribution is 5.99. The van der Waals surface area contributed by atoms with E-state index in [-0.39, 0.29) is 0 Å². The number of ether oxygens (including phenoxy) is 1. The van der Waals surface area contributed by atoms with E-state index in [0.29, 0.717) is 0 Å². The van der Waals surface area contributed by atoms with E-state index in [1.807, 2.05) is 54.6 Å². The van der Waals surface area contributed by atoms with E-state index < -0.39 is 0 Å². The molecule has 0 aliphatic heterocycles.